The molecule has 2 fully saturated rings. The van der Waals surface area contributed by atoms with Crippen LogP contribution in [0.15, 0.2) is 54.6 Å². The third-order valence-electron chi connectivity index (χ3n) is 5.71. The fourth-order valence-electron chi connectivity index (χ4n) is 4.13. The molecule has 0 bridgehead atoms. The minimum Gasteiger partial charge on any atom is -0.548 e. The molecule has 0 aliphatic carbocycles. The normalized spacial score (nSPS) is 20.4. The van der Waals surface area contributed by atoms with E-state index in [0.29, 0.717) is 5.56 Å². The van der Waals surface area contributed by atoms with Gasteiger partial charge in [0.1, 0.15) is 11.5 Å². The molecule has 2 amide bonds. The molecule has 1 spiro atoms. The zero-order chi connectivity index (χ0) is 21.3. The van der Waals surface area contributed by atoms with Crippen molar-refractivity contribution >= 4 is 17.8 Å². The van der Waals surface area contributed by atoms with Crippen LogP contribution in [0.3, 0.4) is 0 Å². The molecule has 4 rings (SSSR count). The van der Waals surface area contributed by atoms with E-state index in [2.05, 4.69) is 0 Å². The SMILES string of the molecule is O=C([O-])[C@@H]1COC2(CCN(C(=O)c3ccccc3F)CC2)N1C(=O)c1ccccc1. The molecule has 0 unspecified atom stereocenters. The van der Waals surface area contributed by atoms with Crippen molar-refractivity contribution in [3.05, 3.63) is 71.5 Å². The van der Waals surface area contributed by atoms with Gasteiger partial charge >= 0.3 is 0 Å². The summed E-state index contributed by atoms with van der Waals surface area (Å²) < 4.78 is 19.8. The number of carbonyl (C=O) groups excluding carboxylic acids is 3. The van der Waals surface area contributed by atoms with E-state index in [1.165, 1.54) is 28.0 Å². The lowest BCUT2D eigenvalue weighted by atomic mass is 9.96. The Hall–Kier alpha value is -3.26. The molecule has 2 heterocycles. The molecule has 8 heteroatoms. The second-order valence-corrected chi connectivity index (χ2v) is 7.41. The van der Waals surface area contributed by atoms with Gasteiger partial charge in [-0.1, -0.05) is 30.3 Å². The van der Waals surface area contributed by atoms with E-state index in [1.807, 2.05) is 0 Å². The van der Waals surface area contributed by atoms with Gasteiger partial charge in [0.05, 0.1) is 24.2 Å². The molecule has 2 aromatic rings. The van der Waals surface area contributed by atoms with Gasteiger partial charge in [-0.3, -0.25) is 14.5 Å². The van der Waals surface area contributed by atoms with Crippen molar-refractivity contribution in [3.8, 4) is 0 Å². The number of carboxylic acids is 1. The van der Waals surface area contributed by atoms with Crippen LogP contribution in [-0.4, -0.2) is 59.0 Å². The topological polar surface area (TPSA) is 90.0 Å². The summed E-state index contributed by atoms with van der Waals surface area (Å²) in [5, 5.41) is 11.7. The summed E-state index contributed by atoms with van der Waals surface area (Å²) in [7, 11) is 0. The number of hydrogen-bond donors (Lipinski definition) is 0. The van der Waals surface area contributed by atoms with Gasteiger partial charge in [-0.2, -0.15) is 0 Å². The second-order valence-electron chi connectivity index (χ2n) is 7.41. The highest BCUT2D eigenvalue weighted by Crippen LogP contribution is 2.38. The summed E-state index contributed by atoms with van der Waals surface area (Å²) in [5.41, 5.74) is -0.826. The number of hydrogen-bond acceptors (Lipinski definition) is 5. The summed E-state index contributed by atoms with van der Waals surface area (Å²) in [6, 6.07) is 12.9. The largest absolute Gasteiger partial charge is 0.548 e. The summed E-state index contributed by atoms with van der Waals surface area (Å²) in [6.45, 7) is 0.221. The Morgan fingerprint density at radius 3 is 2.23 bits per heavy atom. The van der Waals surface area contributed by atoms with Crippen molar-refractivity contribution in [3.63, 3.8) is 0 Å². The zero-order valence-electron chi connectivity index (χ0n) is 16.1. The maximum Gasteiger partial charge on any atom is 0.256 e. The number of benzene rings is 2. The van der Waals surface area contributed by atoms with E-state index in [9.17, 15) is 23.9 Å². The highest BCUT2D eigenvalue weighted by molar-refractivity contribution is 5.97. The molecule has 156 valence electrons. The molecule has 2 aliphatic heterocycles. The molecule has 30 heavy (non-hydrogen) atoms. The number of halogens is 1. The van der Waals surface area contributed by atoms with Gasteiger partial charge in [-0.25, -0.2) is 4.39 Å². The van der Waals surface area contributed by atoms with Gasteiger partial charge in [-0.15, -0.1) is 0 Å². The number of nitrogens with zero attached hydrogens (tertiary/aromatic N) is 2. The first-order valence-electron chi connectivity index (χ1n) is 9.70. The quantitative estimate of drug-likeness (QED) is 0.753. The van der Waals surface area contributed by atoms with Gasteiger partial charge < -0.3 is 19.5 Å². The maximum absolute atomic E-state index is 14.0. The third-order valence-corrected chi connectivity index (χ3v) is 5.71. The van der Waals surface area contributed by atoms with Crippen LogP contribution in [0.4, 0.5) is 4.39 Å². The van der Waals surface area contributed by atoms with E-state index < -0.39 is 35.4 Å². The summed E-state index contributed by atoms with van der Waals surface area (Å²) in [6.07, 6.45) is 0.436. The molecule has 2 saturated heterocycles. The Bertz CT molecular complexity index is 973. The fraction of sp³-hybridized carbons (Fsp3) is 0.318. The van der Waals surface area contributed by atoms with Gasteiger partial charge in [0.25, 0.3) is 11.8 Å². The van der Waals surface area contributed by atoms with E-state index >= 15 is 0 Å². The van der Waals surface area contributed by atoms with Gasteiger partial charge in [0.2, 0.25) is 0 Å². The molecule has 0 aromatic heterocycles. The number of ether oxygens (including phenoxy) is 1. The van der Waals surface area contributed by atoms with Crippen molar-refractivity contribution in [1.29, 1.82) is 0 Å². The molecule has 0 saturated carbocycles. The fourth-order valence-corrected chi connectivity index (χ4v) is 4.13. The molecule has 2 aliphatic rings. The van der Waals surface area contributed by atoms with Gasteiger partial charge in [0.15, 0.2) is 0 Å². The molecule has 7 nitrogen and oxygen atoms in total. The first-order chi connectivity index (χ1) is 14.4. The van der Waals surface area contributed by atoms with Crippen LogP contribution in [0, 0.1) is 5.82 Å². The van der Waals surface area contributed by atoms with Crippen LogP contribution in [0.25, 0.3) is 0 Å². The Balaban J connectivity index is 1.56. The van der Waals surface area contributed by atoms with Crippen LogP contribution in [-0.2, 0) is 9.53 Å². The molecular formula is C22H20FN2O5-. The van der Waals surface area contributed by atoms with E-state index in [4.69, 9.17) is 4.74 Å². The number of rotatable bonds is 3. The highest BCUT2D eigenvalue weighted by atomic mass is 19.1. The van der Waals surface area contributed by atoms with Crippen LogP contribution in [0.2, 0.25) is 0 Å². The summed E-state index contributed by atoms with van der Waals surface area (Å²) in [4.78, 5) is 40.2. The van der Waals surface area contributed by atoms with Crippen molar-refractivity contribution in [2.24, 2.45) is 0 Å². The lowest BCUT2D eigenvalue weighted by molar-refractivity contribution is -0.310. The van der Waals surface area contributed by atoms with E-state index in [-0.39, 0.29) is 38.1 Å². The van der Waals surface area contributed by atoms with Crippen molar-refractivity contribution < 1.29 is 28.6 Å². The predicted octanol–water partition coefficient (Wildman–Crippen LogP) is 1.05. The van der Waals surface area contributed by atoms with Crippen molar-refractivity contribution in [2.75, 3.05) is 19.7 Å². The number of carbonyl (C=O) groups is 3. The molecule has 1 atom stereocenters. The first-order valence-corrected chi connectivity index (χ1v) is 9.70. The Kier molecular flexibility index (Phi) is 5.26. The van der Waals surface area contributed by atoms with E-state index in [0.717, 1.165) is 0 Å². The van der Waals surface area contributed by atoms with Gasteiger partial charge in [-0.05, 0) is 24.3 Å². The molecule has 2 aromatic carbocycles. The lowest BCUT2D eigenvalue weighted by Crippen LogP contribution is -2.60. The number of carboxylic acid groups (broad SMARTS) is 1. The van der Waals surface area contributed by atoms with Gasteiger partial charge in [0, 0.05) is 31.5 Å². The van der Waals surface area contributed by atoms with Crippen molar-refractivity contribution in [2.45, 2.75) is 24.6 Å². The Labute approximate surface area is 172 Å². The molecule has 0 radical (unpaired) electrons. The standard InChI is InChI=1S/C22H21FN2O5/c23-17-9-5-4-8-16(17)20(27)24-12-10-22(11-13-24)25(18(14-30-22)21(28)29)19(26)15-6-2-1-3-7-15/h1-9,18H,10-14H2,(H,28,29)/p-1/t18-/m0/s1. The van der Waals surface area contributed by atoms with Crippen molar-refractivity contribution in [1.82, 2.24) is 9.80 Å². The summed E-state index contributed by atoms with van der Waals surface area (Å²) >= 11 is 0. The zero-order valence-corrected chi connectivity index (χ0v) is 16.1. The average molecular weight is 411 g/mol. The second kappa shape index (κ2) is 7.87. The number of piperidine rings is 1. The maximum atomic E-state index is 14.0. The minimum atomic E-state index is -1.39. The summed E-state index contributed by atoms with van der Waals surface area (Å²) in [5.74, 6) is -2.90. The lowest BCUT2D eigenvalue weighted by Gasteiger charge is -2.45. The predicted molar refractivity (Wildman–Crippen MR) is 102 cm³/mol. The Morgan fingerprint density at radius 1 is 0.967 bits per heavy atom. The first kappa shape index (κ1) is 20.0. The number of amides is 2. The highest BCUT2D eigenvalue weighted by Gasteiger charge is 2.52. The smallest absolute Gasteiger partial charge is 0.256 e. The molecule has 0 N–H and O–H groups in total. The van der Waals surface area contributed by atoms with Crippen LogP contribution in [0.1, 0.15) is 33.6 Å². The minimum absolute atomic E-state index is 0.0226. The Morgan fingerprint density at radius 2 is 1.60 bits per heavy atom. The third kappa shape index (κ3) is 3.43. The van der Waals surface area contributed by atoms with Crippen LogP contribution in [0.5, 0.6) is 0 Å². The molecular weight excluding hydrogens is 391 g/mol. The van der Waals surface area contributed by atoms with Crippen LogP contribution < -0.4 is 5.11 Å². The number of likely N-dealkylation sites (tertiary alicyclic amines) is 1. The average Bonchev–Trinajstić information content (AvgIpc) is 3.13. The van der Waals surface area contributed by atoms with E-state index in [1.54, 1.807) is 36.4 Å². The van der Waals surface area contributed by atoms with Crippen LogP contribution >= 0.6 is 0 Å². The monoisotopic (exact) mass is 411 g/mol. The number of aliphatic carboxylic acids is 1.